The van der Waals surface area contributed by atoms with Crippen molar-refractivity contribution in [2.75, 3.05) is 5.32 Å². The maximum Gasteiger partial charge on any atom is 0.263 e. The Labute approximate surface area is 176 Å². The molecule has 2 N–H and O–H groups in total. The van der Waals surface area contributed by atoms with E-state index < -0.39 is 5.82 Å². The molecule has 3 aromatic heterocycles. The molecule has 31 heavy (non-hydrogen) atoms. The van der Waals surface area contributed by atoms with Crippen molar-refractivity contribution in [1.82, 2.24) is 24.5 Å². The number of nitrogens with one attached hydrogen (secondary N) is 2. The van der Waals surface area contributed by atoms with Crippen LogP contribution in [0, 0.1) is 5.82 Å². The first-order valence-corrected chi connectivity index (χ1v) is 9.97. The molecule has 0 amide bonds. The summed E-state index contributed by atoms with van der Waals surface area (Å²) < 4.78 is 15.5. The molecule has 0 bridgehead atoms. The highest BCUT2D eigenvalue weighted by molar-refractivity contribution is 5.84. The number of anilines is 1. The molecule has 1 atom stereocenters. The van der Waals surface area contributed by atoms with E-state index in [1.807, 2.05) is 43.3 Å². The summed E-state index contributed by atoms with van der Waals surface area (Å²) in [5, 5.41) is 4.43. The molecule has 0 aliphatic rings. The predicted octanol–water partition coefficient (Wildman–Crippen LogP) is 4.36. The maximum atomic E-state index is 13.9. The van der Waals surface area contributed by atoms with Crippen molar-refractivity contribution < 1.29 is 4.39 Å². The molecular formula is C23H19FN6O. The van der Waals surface area contributed by atoms with Gasteiger partial charge in [-0.05, 0) is 42.1 Å². The van der Waals surface area contributed by atoms with Gasteiger partial charge in [0.25, 0.3) is 5.56 Å². The largest absolute Gasteiger partial charge is 0.360 e. The Hall–Kier alpha value is -4.07. The summed E-state index contributed by atoms with van der Waals surface area (Å²) in [7, 11) is 0. The van der Waals surface area contributed by atoms with Crippen molar-refractivity contribution in [2.45, 2.75) is 19.4 Å². The smallest absolute Gasteiger partial charge is 0.263 e. The summed E-state index contributed by atoms with van der Waals surface area (Å²) >= 11 is 0. The molecule has 0 aliphatic heterocycles. The lowest BCUT2D eigenvalue weighted by molar-refractivity contribution is 0.629. The van der Waals surface area contributed by atoms with E-state index in [0.29, 0.717) is 39.9 Å². The second-order valence-electron chi connectivity index (χ2n) is 7.20. The number of aromatic nitrogens is 5. The van der Waals surface area contributed by atoms with Gasteiger partial charge in [0.15, 0.2) is 11.5 Å². The van der Waals surface area contributed by atoms with Crippen molar-refractivity contribution in [1.29, 1.82) is 0 Å². The van der Waals surface area contributed by atoms with Gasteiger partial charge in [0.2, 0.25) is 0 Å². The number of nitrogens with zero attached hydrogens (tertiary/aromatic N) is 4. The SMILES string of the molecule is CC[C@H](Nc1ncnc2[nH]cnc12)c1cc2ccc(F)cc2c(=O)n1-c1ccccc1. The number of benzene rings is 2. The predicted molar refractivity (Wildman–Crippen MR) is 118 cm³/mol. The summed E-state index contributed by atoms with van der Waals surface area (Å²) in [5.74, 6) is 0.133. The van der Waals surface area contributed by atoms with E-state index in [1.54, 1.807) is 17.0 Å². The molecule has 5 aromatic rings. The van der Waals surface area contributed by atoms with E-state index in [2.05, 4.69) is 25.3 Å². The lowest BCUT2D eigenvalue weighted by Gasteiger charge is -2.23. The number of pyridine rings is 1. The third-order valence-corrected chi connectivity index (χ3v) is 5.32. The van der Waals surface area contributed by atoms with Crippen molar-refractivity contribution in [3.63, 3.8) is 0 Å². The van der Waals surface area contributed by atoms with E-state index in [0.717, 1.165) is 5.69 Å². The normalized spacial score (nSPS) is 12.3. The molecule has 0 radical (unpaired) electrons. The number of rotatable bonds is 5. The van der Waals surface area contributed by atoms with Crippen LogP contribution in [0.5, 0.6) is 0 Å². The zero-order valence-corrected chi connectivity index (χ0v) is 16.7. The van der Waals surface area contributed by atoms with Gasteiger partial charge in [0.05, 0.1) is 17.8 Å². The molecule has 2 aromatic carbocycles. The summed E-state index contributed by atoms with van der Waals surface area (Å²) in [6.07, 6.45) is 3.70. The van der Waals surface area contributed by atoms with E-state index in [-0.39, 0.29) is 11.6 Å². The second kappa shape index (κ2) is 7.64. The average Bonchev–Trinajstić information content (AvgIpc) is 3.28. The molecular weight excluding hydrogens is 395 g/mol. The number of H-pyrrole nitrogens is 1. The van der Waals surface area contributed by atoms with Gasteiger partial charge in [-0.3, -0.25) is 9.36 Å². The molecule has 5 rings (SSSR count). The summed E-state index contributed by atoms with van der Waals surface area (Å²) in [4.78, 5) is 29.3. The average molecular weight is 414 g/mol. The van der Waals surface area contributed by atoms with Gasteiger partial charge in [-0.2, -0.15) is 0 Å². The van der Waals surface area contributed by atoms with Crippen molar-refractivity contribution in [3.8, 4) is 5.69 Å². The van der Waals surface area contributed by atoms with Crippen LogP contribution in [0.25, 0.3) is 27.6 Å². The minimum absolute atomic E-state index is 0.253. The highest BCUT2D eigenvalue weighted by Crippen LogP contribution is 2.28. The van der Waals surface area contributed by atoms with Crippen molar-refractivity contribution >= 4 is 27.8 Å². The summed E-state index contributed by atoms with van der Waals surface area (Å²) in [5.41, 5.74) is 2.44. The molecule has 7 nitrogen and oxygen atoms in total. The van der Waals surface area contributed by atoms with Crippen LogP contribution in [-0.4, -0.2) is 24.5 Å². The Morgan fingerprint density at radius 3 is 2.74 bits per heavy atom. The first-order valence-electron chi connectivity index (χ1n) is 9.97. The zero-order valence-electron chi connectivity index (χ0n) is 16.7. The van der Waals surface area contributed by atoms with E-state index in [9.17, 15) is 9.18 Å². The Balaban J connectivity index is 1.72. The number of hydrogen-bond acceptors (Lipinski definition) is 5. The zero-order chi connectivity index (χ0) is 21.4. The molecule has 3 heterocycles. The molecule has 0 fully saturated rings. The Bertz CT molecular complexity index is 1440. The van der Waals surface area contributed by atoms with Gasteiger partial charge in [-0.15, -0.1) is 0 Å². The number of para-hydroxylation sites is 1. The van der Waals surface area contributed by atoms with Crippen LogP contribution in [0.4, 0.5) is 10.2 Å². The van der Waals surface area contributed by atoms with Crippen LogP contribution < -0.4 is 10.9 Å². The number of hydrogen-bond donors (Lipinski definition) is 2. The Morgan fingerprint density at radius 2 is 1.94 bits per heavy atom. The van der Waals surface area contributed by atoms with Gasteiger partial charge in [-0.25, -0.2) is 19.3 Å². The molecule has 154 valence electrons. The summed E-state index contributed by atoms with van der Waals surface area (Å²) in [6, 6.07) is 15.3. The molecule has 0 spiro atoms. The van der Waals surface area contributed by atoms with Crippen LogP contribution in [0.15, 0.2) is 72.0 Å². The van der Waals surface area contributed by atoms with Gasteiger partial charge >= 0.3 is 0 Å². The molecule has 0 unspecified atom stereocenters. The minimum Gasteiger partial charge on any atom is -0.360 e. The lowest BCUT2D eigenvalue weighted by Crippen LogP contribution is -2.26. The van der Waals surface area contributed by atoms with Gasteiger partial charge in [-0.1, -0.05) is 31.2 Å². The number of imidazole rings is 1. The highest BCUT2D eigenvalue weighted by Gasteiger charge is 2.20. The van der Waals surface area contributed by atoms with E-state index in [1.165, 1.54) is 18.5 Å². The van der Waals surface area contributed by atoms with Gasteiger partial charge in [0.1, 0.15) is 17.7 Å². The number of halogens is 1. The topological polar surface area (TPSA) is 88.5 Å². The van der Waals surface area contributed by atoms with Crippen molar-refractivity contribution in [3.05, 3.63) is 89.1 Å². The maximum absolute atomic E-state index is 13.9. The molecule has 0 saturated heterocycles. The molecule has 0 saturated carbocycles. The number of fused-ring (bicyclic) bond motifs is 2. The Kier molecular flexibility index (Phi) is 4.66. The van der Waals surface area contributed by atoms with Crippen LogP contribution >= 0.6 is 0 Å². The van der Waals surface area contributed by atoms with Crippen LogP contribution in [0.2, 0.25) is 0 Å². The first-order chi connectivity index (χ1) is 15.2. The Morgan fingerprint density at radius 1 is 1.10 bits per heavy atom. The van der Waals surface area contributed by atoms with Crippen LogP contribution in [0.3, 0.4) is 0 Å². The first kappa shape index (κ1) is 18.9. The second-order valence-corrected chi connectivity index (χ2v) is 7.20. The molecule has 0 aliphatic carbocycles. The third kappa shape index (κ3) is 3.31. The molecule has 8 heteroatoms. The standard InChI is InChI=1S/C23H19FN6O/c1-2-18(29-22-20-21(26-12-25-20)27-13-28-22)19-10-14-8-9-15(24)11-17(14)23(31)30(19)16-6-4-3-5-7-16/h3-13,18H,2H2,1H3,(H2,25,26,27,28,29)/t18-/m0/s1. The number of aromatic amines is 1. The fraction of sp³-hybridized carbons (Fsp3) is 0.130. The minimum atomic E-state index is -0.441. The van der Waals surface area contributed by atoms with Gasteiger partial charge < -0.3 is 10.3 Å². The van der Waals surface area contributed by atoms with E-state index in [4.69, 9.17) is 0 Å². The third-order valence-electron chi connectivity index (χ3n) is 5.32. The fourth-order valence-corrected chi connectivity index (χ4v) is 3.82. The van der Waals surface area contributed by atoms with Crippen molar-refractivity contribution in [2.24, 2.45) is 0 Å². The monoisotopic (exact) mass is 414 g/mol. The van der Waals surface area contributed by atoms with Crippen LogP contribution in [-0.2, 0) is 0 Å². The van der Waals surface area contributed by atoms with Gasteiger partial charge in [0, 0.05) is 11.4 Å². The van der Waals surface area contributed by atoms with E-state index >= 15 is 0 Å². The quantitative estimate of drug-likeness (QED) is 0.446. The highest BCUT2D eigenvalue weighted by atomic mass is 19.1. The fourth-order valence-electron chi connectivity index (χ4n) is 3.82. The lowest BCUT2D eigenvalue weighted by atomic mass is 10.0. The van der Waals surface area contributed by atoms with Crippen LogP contribution in [0.1, 0.15) is 25.1 Å². The summed E-state index contributed by atoms with van der Waals surface area (Å²) in [6.45, 7) is 2.02.